The summed E-state index contributed by atoms with van der Waals surface area (Å²) in [5.74, 6) is -0.0867. The fourth-order valence-electron chi connectivity index (χ4n) is 6.47. The Kier molecular flexibility index (Phi) is 7.30. The van der Waals surface area contributed by atoms with Gasteiger partial charge >= 0.3 is 12.1 Å². The summed E-state index contributed by atoms with van der Waals surface area (Å²) in [7, 11) is 1.67. The molecular weight excluding hydrogens is 518 g/mol. The summed E-state index contributed by atoms with van der Waals surface area (Å²) >= 11 is 0. The zero-order valence-electron chi connectivity index (χ0n) is 23.9. The fourth-order valence-corrected chi connectivity index (χ4v) is 6.47. The molecule has 41 heavy (non-hydrogen) atoms. The minimum atomic E-state index is -0.248. The summed E-state index contributed by atoms with van der Waals surface area (Å²) < 4.78 is 5.74. The standard InChI is InChI=1S/C32H37N5O4/c1-21(2)37-28-18-29(41-3)25-10-6-5-9-24(25)26(28)19-35(32(37)40)20-30(38)34-15-13-23(14-16-34)36-17-12-22-8-4-7-11-27(22)33-31(36)39/h4-11,18-19,21,23,29H,12-17,20H2,1-3H3,(H,33,39). The number of amides is 5. The topological polar surface area (TPSA) is 85.4 Å². The van der Waals surface area contributed by atoms with Crippen molar-refractivity contribution in [3.63, 3.8) is 0 Å². The second-order valence-electron chi connectivity index (χ2n) is 11.4. The smallest absolute Gasteiger partial charge is 0.329 e. The number of benzene rings is 2. The number of allylic oxidation sites excluding steroid dienone is 1. The van der Waals surface area contributed by atoms with E-state index in [1.54, 1.807) is 16.9 Å². The molecule has 9 heteroatoms. The number of nitrogens with zero attached hydrogens (tertiary/aromatic N) is 4. The number of hydrogen-bond donors (Lipinski definition) is 1. The van der Waals surface area contributed by atoms with Crippen LogP contribution in [0.1, 0.15) is 49.5 Å². The predicted molar refractivity (Wildman–Crippen MR) is 157 cm³/mol. The maximum Gasteiger partial charge on any atom is 0.329 e. The van der Waals surface area contributed by atoms with E-state index in [4.69, 9.17) is 4.74 Å². The van der Waals surface area contributed by atoms with Crippen molar-refractivity contribution < 1.29 is 19.1 Å². The number of nitrogens with one attached hydrogen (secondary N) is 1. The highest BCUT2D eigenvalue weighted by Crippen LogP contribution is 2.42. The highest BCUT2D eigenvalue weighted by Gasteiger charge is 2.39. The van der Waals surface area contributed by atoms with Crippen molar-refractivity contribution in [2.24, 2.45) is 0 Å². The summed E-state index contributed by atoms with van der Waals surface area (Å²) in [5.41, 5.74) is 5.80. The second-order valence-corrected chi connectivity index (χ2v) is 11.4. The third-order valence-electron chi connectivity index (χ3n) is 8.61. The van der Waals surface area contributed by atoms with Crippen LogP contribution in [0.2, 0.25) is 0 Å². The normalized spacial score (nSPS) is 21.0. The van der Waals surface area contributed by atoms with Gasteiger partial charge in [-0.3, -0.25) is 14.6 Å². The Morgan fingerprint density at radius 3 is 2.51 bits per heavy atom. The molecule has 5 amide bonds. The summed E-state index contributed by atoms with van der Waals surface area (Å²) in [6.07, 6.45) is 5.79. The Labute approximate surface area is 241 Å². The molecule has 2 aromatic rings. The number of rotatable bonds is 5. The molecule has 4 aliphatic rings. The molecule has 0 aromatic heterocycles. The number of hydrogen-bond acceptors (Lipinski definition) is 4. The SMILES string of the molecule is COC1C=C2C(=CN(CC(=O)N3CCC(N4CCc5ccccc5NC4=O)CC3)C(=O)N2C(C)C)c2ccccc21. The molecule has 2 aromatic carbocycles. The number of carbonyl (C=O) groups excluding carboxylic acids is 3. The lowest BCUT2D eigenvalue weighted by atomic mass is 9.87. The number of anilines is 1. The van der Waals surface area contributed by atoms with Gasteiger partial charge in [0.1, 0.15) is 12.6 Å². The molecule has 3 heterocycles. The number of ether oxygens (including phenoxy) is 1. The van der Waals surface area contributed by atoms with Gasteiger partial charge in [-0.25, -0.2) is 9.59 Å². The number of carbonyl (C=O) groups is 3. The van der Waals surface area contributed by atoms with Crippen molar-refractivity contribution in [3.05, 3.63) is 83.2 Å². The first-order chi connectivity index (χ1) is 19.9. The lowest BCUT2D eigenvalue weighted by molar-refractivity contribution is -0.132. The van der Waals surface area contributed by atoms with Crippen LogP contribution in [0.4, 0.5) is 15.3 Å². The van der Waals surface area contributed by atoms with E-state index in [1.165, 1.54) is 0 Å². The Bertz CT molecular complexity index is 1420. The van der Waals surface area contributed by atoms with E-state index in [-0.39, 0.29) is 42.7 Å². The quantitative estimate of drug-likeness (QED) is 0.572. The van der Waals surface area contributed by atoms with Gasteiger partial charge in [-0.05, 0) is 61.9 Å². The molecule has 1 saturated heterocycles. The van der Waals surface area contributed by atoms with Crippen molar-refractivity contribution >= 4 is 29.2 Å². The second kappa shape index (κ2) is 11.0. The molecule has 3 aliphatic heterocycles. The summed E-state index contributed by atoms with van der Waals surface area (Å²) in [4.78, 5) is 47.2. The first kappa shape index (κ1) is 27.1. The van der Waals surface area contributed by atoms with Crippen molar-refractivity contribution in [1.29, 1.82) is 0 Å². The van der Waals surface area contributed by atoms with Gasteiger partial charge in [0.2, 0.25) is 5.91 Å². The Hall–Kier alpha value is -4.11. The van der Waals surface area contributed by atoms with E-state index >= 15 is 0 Å². The van der Waals surface area contributed by atoms with E-state index in [1.807, 2.05) is 78.4 Å². The van der Waals surface area contributed by atoms with E-state index in [9.17, 15) is 14.4 Å². The monoisotopic (exact) mass is 555 g/mol. The van der Waals surface area contributed by atoms with Crippen molar-refractivity contribution in [1.82, 2.24) is 19.6 Å². The van der Waals surface area contributed by atoms with Crippen molar-refractivity contribution in [2.75, 3.05) is 38.6 Å². The third kappa shape index (κ3) is 4.99. The Morgan fingerprint density at radius 1 is 1.02 bits per heavy atom. The number of urea groups is 2. The number of fused-ring (bicyclic) bond motifs is 4. The van der Waals surface area contributed by atoms with E-state index in [2.05, 4.69) is 11.4 Å². The van der Waals surface area contributed by atoms with Gasteiger partial charge in [-0.1, -0.05) is 42.5 Å². The predicted octanol–water partition coefficient (Wildman–Crippen LogP) is 4.84. The van der Waals surface area contributed by atoms with Crippen LogP contribution in [0.25, 0.3) is 5.57 Å². The van der Waals surface area contributed by atoms with E-state index in [0.29, 0.717) is 32.5 Å². The molecule has 1 fully saturated rings. The molecule has 0 saturated carbocycles. The van der Waals surface area contributed by atoms with Gasteiger partial charge in [-0.2, -0.15) is 0 Å². The van der Waals surface area contributed by atoms with Crippen LogP contribution in [-0.4, -0.2) is 82.9 Å². The van der Waals surface area contributed by atoms with Crippen LogP contribution in [0, 0.1) is 0 Å². The number of para-hydroxylation sites is 1. The van der Waals surface area contributed by atoms with Gasteiger partial charge in [0, 0.05) is 56.3 Å². The number of methoxy groups -OCH3 is 1. The highest BCUT2D eigenvalue weighted by molar-refractivity contribution is 5.96. The minimum Gasteiger partial charge on any atom is -0.373 e. The molecule has 6 rings (SSSR count). The molecule has 0 bridgehead atoms. The molecule has 0 spiro atoms. The van der Waals surface area contributed by atoms with Gasteiger partial charge in [0.05, 0.1) is 5.70 Å². The number of piperidine rings is 1. The molecule has 1 N–H and O–H groups in total. The molecular formula is C32H37N5O4. The molecule has 9 nitrogen and oxygen atoms in total. The average molecular weight is 556 g/mol. The first-order valence-corrected chi connectivity index (χ1v) is 14.4. The zero-order chi connectivity index (χ0) is 28.7. The maximum atomic E-state index is 13.7. The molecule has 1 atom stereocenters. The van der Waals surface area contributed by atoms with Crippen LogP contribution in [0.3, 0.4) is 0 Å². The van der Waals surface area contributed by atoms with E-state index in [0.717, 1.165) is 40.1 Å². The Morgan fingerprint density at radius 2 is 1.76 bits per heavy atom. The number of likely N-dealkylation sites (tertiary alicyclic amines) is 1. The molecule has 0 radical (unpaired) electrons. The maximum absolute atomic E-state index is 13.7. The lowest BCUT2D eigenvalue weighted by Crippen LogP contribution is -2.53. The lowest BCUT2D eigenvalue weighted by Gasteiger charge is -2.42. The summed E-state index contributed by atoms with van der Waals surface area (Å²) in [6, 6.07) is 15.6. The third-order valence-corrected chi connectivity index (χ3v) is 8.61. The minimum absolute atomic E-state index is 0.0289. The largest absolute Gasteiger partial charge is 0.373 e. The molecule has 214 valence electrons. The van der Waals surface area contributed by atoms with Gasteiger partial charge in [0.15, 0.2) is 0 Å². The summed E-state index contributed by atoms with van der Waals surface area (Å²) in [6.45, 7) is 5.69. The van der Waals surface area contributed by atoms with Crippen molar-refractivity contribution in [3.8, 4) is 0 Å². The fraction of sp³-hybridized carbons (Fsp3) is 0.406. The highest BCUT2D eigenvalue weighted by atomic mass is 16.5. The van der Waals surface area contributed by atoms with Gasteiger partial charge in [0.25, 0.3) is 0 Å². The van der Waals surface area contributed by atoms with Gasteiger partial charge < -0.3 is 19.9 Å². The average Bonchev–Trinajstić information content (AvgIpc) is 3.15. The summed E-state index contributed by atoms with van der Waals surface area (Å²) in [5, 5.41) is 3.05. The van der Waals surface area contributed by atoms with Crippen LogP contribution < -0.4 is 5.32 Å². The van der Waals surface area contributed by atoms with Crippen LogP contribution in [0.5, 0.6) is 0 Å². The van der Waals surface area contributed by atoms with Crippen LogP contribution in [0.15, 0.2) is 66.5 Å². The first-order valence-electron chi connectivity index (χ1n) is 14.4. The van der Waals surface area contributed by atoms with Gasteiger partial charge in [-0.15, -0.1) is 0 Å². The van der Waals surface area contributed by atoms with E-state index < -0.39 is 0 Å². The Balaban J connectivity index is 1.15. The molecule has 1 unspecified atom stereocenters. The van der Waals surface area contributed by atoms with Crippen LogP contribution in [-0.2, 0) is 16.0 Å². The van der Waals surface area contributed by atoms with Crippen molar-refractivity contribution in [2.45, 2.75) is 51.3 Å². The van der Waals surface area contributed by atoms with Crippen LogP contribution >= 0.6 is 0 Å². The molecule has 1 aliphatic carbocycles. The zero-order valence-corrected chi connectivity index (χ0v) is 23.9.